The summed E-state index contributed by atoms with van der Waals surface area (Å²) in [5.41, 5.74) is -0.821. The Bertz CT molecular complexity index is 385. The minimum Gasteiger partial charge on any atom is -0.468 e. The highest BCUT2D eigenvalue weighted by atomic mass is 19.4. The first kappa shape index (κ1) is 16.5. The third-order valence-electron chi connectivity index (χ3n) is 4.41. The number of hydrogen-bond acceptors (Lipinski definition) is 4. The molecule has 122 valence electrons. The molecule has 0 amide bonds. The van der Waals surface area contributed by atoms with E-state index in [1.165, 1.54) is 19.1 Å². The van der Waals surface area contributed by atoms with Gasteiger partial charge < -0.3 is 4.74 Å². The molecule has 7 heteroatoms. The van der Waals surface area contributed by atoms with E-state index in [0.717, 1.165) is 19.3 Å². The second kappa shape index (κ2) is 6.12. The van der Waals surface area contributed by atoms with E-state index >= 15 is 0 Å². The maximum absolute atomic E-state index is 12.5. The zero-order chi connectivity index (χ0) is 15.7. The van der Waals surface area contributed by atoms with Gasteiger partial charge in [0.1, 0.15) is 5.54 Å². The lowest BCUT2D eigenvalue weighted by atomic mass is 9.78. The van der Waals surface area contributed by atoms with Crippen molar-refractivity contribution in [3.05, 3.63) is 0 Å². The molecular weight excluding hydrogens is 285 g/mol. The Hall–Kier alpha value is -0.820. The van der Waals surface area contributed by atoms with Crippen molar-refractivity contribution in [1.82, 2.24) is 10.2 Å². The van der Waals surface area contributed by atoms with Gasteiger partial charge in [0, 0.05) is 12.1 Å². The zero-order valence-electron chi connectivity index (χ0n) is 12.5. The van der Waals surface area contributed by atoms with E-state index in [0.29, 0.717) is 25.3 Å². The van der Waals surface area contributed by atoms with Crippen LogP contribution in [0.1, 0.15) is 38.5 Å². The fraction of sp³-hybridized carbons (Fsp3) is 0.929. The molecule has 0 radical (unpaired) electrons. The van der Waals surface area contributed by atoms with Gasteiger partial charge in [-0.25, -0.2) is 0 Å². The monoisotopic (exact) mass is 308 g/mol. The molecule has 1 N–H and O–H groups in total. The molecule has 0 aromatic carbocycles. The van der Waals surface area contributed by atoms with Gasteiger partial charge in [-0.05, 0) is 45.6 Å². The molecule has 4 nitrogen and oxygen atoms in total. The third-order valence-corrected chi connectivity index (χ3v) is 4.41. The number of halogens is 3. The van der Waals surface area contributed by atoms with Crippen LogP contribution in [0.3, 0.4) is 0 Å². The number of rotatable bonds is 5. The van der Waals surface area contributed by atoms with Crippen LogP contribution < -0.4 is 5.32 Å². The lowest BCUT2D eigenvalue weighted by Crippen LogP contribution is -2.59. The Labute approximate surface area is 123 Å². The molecule has 0 heterocycles. The van der Waals surface area contributed by atoms with E-state index < -0.39 is 18.3 Å². The lowest BCUT2D eigenvalue weighted by Gasteiger charge is -2.42. The molecule has 0 aliphatic heterocycles. The first-order valence-corrected chi connectivity index (χ1v) is 7.39. The topological polar surface area (TPSA) is 41.6 Å². The van der Waals surface area contributed by atoms with Crippen LogP contribution in [0.2, 0.25) is 0 Å². The minimum absolute atomic E-state index is 0.259. The fourth-order valence-electron chi connectivity index (χ4n) is 3.22. The molecule has 2 atom stereocenters. The summed E-state index contributed by atoms with van der Waals surface area (Å²) in [4.78, 5) is 13.5. The molecule has 0 bridgehead atoms. The quantitative estimate of drug-likeness (QED) is 0.790. The normalized spacial score (nSPS) is 30.5. The van der Waals surface area contributed by atoms with Crippen molar-refractivity contribution < 1.29 is 22.7 Å². The molecule has 2 rings (SSSR count). The second-order valence-corrected chi connectivity index (χ2v) is 6.27. The van der Waals surface area contributed by atoms with Crippen LogP contribution in [0, 0.1) is 0 Å². The molecule has 0 aromatic rings. The van der Waals surface area contributed by atoms with E-state index in [-0.39, 0.29) is 12.0 Å². The van der Waals surface area contributed by atoms with Crippen molar-refractivity contribution >= 4 is 5.97 Å². The Balaban J connectivity index is 2.06. The van der Waals surface area contributed by atoms with Crippen molar-refractivity contribution in [2.45, 2.75) is 62.3 Å². The first-order valence-electron chi connectivity index (χ1n) is 7.39. The summed E-state index contributed by atoms with van der Waals surface area (Å²) in [7, 11) is 2.81. The largest absolute Gasteiger partial charge is 0.468 e. The van der Waals surface area contributed by atoms with Gasteiger partial charge >= 0.3 is 12.1 Å². The van der Waals surface area contributed by atoms with Crippen molar-refractivity contribution in [2.24, 2.45) is 0 Å². The van der Waals surface area contributed by atoms with Crippen LogP contribution in [-0.4, -0.2) is 55.4 Å². The summed E-state index contributed by atoms with van der Waals surface area (Å²) >= 11 is 0. The molecule has 2 unspecified atom stereocenters. The van der Waals surface area contributed by atoms with Gasteiger partial charge in [-0.3, -0.25) is 15.0 Å². The van der Waals surface area contributed by atoms with Crippen LogP contribution in [0.4, 0.5) is 13.2 Å². The summed E-state index contributed by atoms with van der Waals surface area (Å²) in [5.74, 6) is -0.348. The number of methoxy groups -OCH3 is 1. The minimum atomic E-state index is -4.22. The lowest BCUT2D eigenvalue weighted by molar-refractivity contribution is -0.156. The zero-order valence-corrected chi connectivity index (χ0v) is 12.5. The highest BCUT2D eigenvalue weighted by Crippen LogP contribution is 2.36. The van der Waals surface area contributed by atoms with E-state index in [1.807, 2.05) is 0 Å². The van der Waals surface area contributed by atoms with Crippen LogP contribution in [-0.2, 0) is 9.53 Å². The number of carbonyl (C=O) groups excluding carboxylic acids is 1. The molecule has 2 fully saturated rings. The molecule has 0 aromatic heterocycles. The predicted molar refractivity (Wildman–Crippen MR) is 71.8 cm³/mol. The van der Waals surface area contributed by atoms with Crippen LogP contribution in [0.5, 0.6) is 0 Å². The number of carbonyl (C=O) groups is 1. The van der Waals surface area contributed by atoms with Crippen LogP contribution >= 0.6 is 0 Å². The highest BCUT2D eigenvalue weighted by Gasteiger charge is 2.48. The van der Waals surface area contributed by atoms with Crippen LogP contribution in [0.25, 0.3) is 0 Å². The van der Waals surface area contributed by atoms with Gasteiger partial charge in [0.05, 0.1) is 13.7 Å². The Morgan fingerprint density at radius 2 is 2.05 bits per heavy atom. The Morgan fingerprint density at radius 1 is 1.38 bits per heavy atom. The summed E-state index contributed by atoms with van der Waals surface area (Å²) in [6.07, 6.45) is 0.224. The van der Waals surface area contributed by atoms with Gasteiger partial charge in [-0.1, -0.05) is 0 Å². The highest BCUT2D eigenvalue weighted by molar-refractivity contribution is 5.81. The molecule has 21 heavy (non-hydrogen) atoms. The number of alkyl halides is 3. The van der Waals surface area contributed by atoms with Gasteiger partial charge in [-0.2, -0.15) is 13.2 Å². The van der Waals surface area contributed by atoms with Crippen molar-refractivity contribution in [3.8, 4) is 0 Å². The van der Waals surface area contributed by atoms with Gasteiger partial charge in [0.25, 0.3) is 0 Å². The average molecular weight is 308 g/mol. The van der Waals surface area contributed by atoms with Crippen molar-refractivity contribution in [2.75, 3.05) is 20.7 Å². The molecular formula is C14H23F3N2O2. The molecule has 2 aliphatic carbocycles. The third kappa shape index (κ3) is 4.32. The number of nitrogens with zero attached hydrogens (tertiary/aromatic N) is 1. The molecule has 2 saturated carbocycles. The number of ether oxygens (including phenoxy) is 1. The maximum atomic E-state index is 12.5. The predicted octanol–water partition coefficient (Wildman–Crippen LogP) is 2.09. The fourth-order valence-corrected chi connectivity index (χ4v) is 3.22. The molecule has 0 saturated heterocycles. The van der Waals surface area contributed by atoms with Gasteiger partial charge in [0.15, 0.2) is 0 Å². The summed E-state index contributed by atoms with van der Waals surface area (Å²) in [6, 6.07) is 0.0431. The summed E-state index contributed by atoms with van der Waals surface area (Å²) in [6.45, 7) is -0.946. The van der Waals surface area contributed by atoms with E-state index in [1.54, 1.807) is 0 Å². The summed E-state index contributed by atoms with van der Waals surface area (Å²) in [5, 5.41) is 3.32. The Morgan fingerprint density at radius 3 is 2.57 bits per heavy atom. The van der Waals surface area contributed by atoms with E-state index in [9.17, 15) is 18.0 Å². The van der Waals surface area contributed by atoms with E-state index in [4.69, 9.17) is 4.74 Å². The molecule has 2 aliphatic rings. The van der Waals surface area contributed by atoms with Crippen LogP contribution in [0.15, 0.2) is 0 Å². The Kier molecular flexibility index (Phi) is 4.82. The number of hydrogen-bond donors (Lipinski definition) is 1. The number of esters is 1. The number of nitrogens with one attached hydrogen (secondary N) is 1. The van der Waals surface area contributed by atoms with Crippen molar-refractivity contribution in [1.29, 1.82) is 0 Å². The average Bonchev–Trinajstić information content (AvgIpc) is 3.19. The van der Waals surface area contributed by atoms with Gasteiger partial charge in [-0.15, -0.1) is 0 Å². The van der Waals surface area contributed by atoms with E-state index in [2.05, 4.69) is 5.32 Å². The molecule has 0 spiro atoms. The smallest absolute Gasteiger partial charge is 0.401 e. The second-order valence-electron chi connectivity index (χ2n) is 6.27. The summed E-state index contributed by atoms with van der Waals surface area (Å²) < 4.78 is 42.6. The first-order chi connectivity index (χ1) is 9.76. The maximum Gasteiger partial charge on any atom is 0.401 e. The standard InChI is InChI=1S/C14H23F3N2O2/c1-19(9-14(15,16)17)11-4-3-7-13(8-11,12(20)21-2)18-10-5-6-10/h10-11,18H,3-9H2,1-2H3. The van der Waals surface area contributed by atoms with Gasteiger partial charge in [0.2, 0.25) is 0 Å². The SMILES string of the molecule is COC(=O)C1(NC2CC2)CCCC(N(C)CC(F)(F)F)C1. The van der Waals surface area contributed by atoms with Crippen molar-refractivity contribution in [3.63, 3.8) is 0 Å².